The monoisotopic (exact) mass is 307 g/mol. The van der Waals surface area contributed by atoms with Gasteiger partial charge in [0, 0.05) is 47.9 Å². The summed E-state index contributed by atoms with van der Waals surface area (Å²) >= 11 is 2.01. The predicted molar refractivity (Wildman–Crippen MR) is 91.8 cm³/mol. The van der Waals surface area contributed by atoms with E-state index in [-0.39, 0.29) is 5.91 Å². The van der Waals surface area contributed by atoms with Crippen molar-refractivity contribution in [3.63, 3.8) is 0 Å². The fraction of sp³-hybridized carbons (Fsp3) is 0.562. The van der Waals surface area contributed by atoms with Crippen LogP contribution in [-0.2, 0) is 4.79 Å². The summed E-state index contributed by atoms with van der Waals surface area (Å²) in [6.07, 6.45) is 0.524. The van der Waals surface area contributed by atoms with Crippen LogP contribution in [0.3, 0.4) is 0 Å². The molecule has 1 aliphatic rings. The Labute approximate surface area is 131 Å². The van der Waals surface area contributed by atoms with Crippen molar-refractivity contribution in [3.05, 3.63) is 23.8 Å². The molecule has 1 aromatic rings. The van der Waals surface area contributed by atoms with Gasteiger partial charge in [-0.1, -0.05) is 13.0 Å². The number of nitrogens with two attached hydrogens (primary N) is 1. The smallest absolute Gasteiger partial charge is 0.225 e. The van der Waals surface area contributed by atoms with Crippen LogP contribution in [-0.4, -0.2) is 40.9 Å². The highest BCUT2D eigenvalue weighted by Crippen LogP contribution is 2.24. The molecule has 21 heavy (non-hydrogen) atoms. The van der Waals surface area contributed by atoms with Gasteiger partial charge in [-0.3, -0.25) is 9.69 Å². The molecule has 4 nitrogen and oxygen atoms in total. The van der Waals surface area contributed by atoms with Gasteiger partial charge in [0.15, 0.2) is 0 Å². The van der Waals surface area contributed by atoms with Gasteiger partial charge in [0.05, 0.1) is 0 Å². The number of rotatable bonds is 4. The molecule has 1 aliphatic heterocycles. The molecule has 2 atom stereocenters. The van der Waals surface area contributed by atoms with E-state index in [0.717, 1.165) is 30.1 Å². The topological polar surface area (TPSA) is 58.4 Å². The number of anilines is 2. The maximum atomic E-state index is 12.1. The lowest BCUT2D eigenvalue weighted by atomic mass is 10.1. The third kappa shape index (κ3) is 4.14. The zero-order valence-electron chi connectivity index (χ0n) is 13.1. The molecule has 116 valence electrons. The van der Waals surface area contributed by atoms with Crippen molar-refractivity contribution in [1.29, 1.82) is 0 Å². The van der Waals surface area contributed by atoms with Gasteiger partial charge in [0.1, 0.15) is 0 Å². The van der Waals surface area contributed by atoms with Gasteiger partial charge in [-0.15, -0.1) is 0 Å². The van der Waals surface area contributed by atoms with Gasteiger partial charge in [0.2, 0.25) is 5.91 Å². The molecule has 0 aromatic heterocycles. The first-order valence-corrected chi connectivity index (χ1v) is 8.54. The van der Waals surface area contributed by atoms with Gasteiger partial charge in [-0.2, -0.15) is 11.8 Å². The fourth-order valence-corrected chi connectivity index (χ4v) is 3.72. The number of nitrogen functional groups attached to an aromatic ring is 1. The molecule has 1 aromatic carbocycles. The van der Waals surface area contributed by atoms with Crippen molar-refractivity contribution in [1.82, 2.24) is 4.90 Å². The Morgan fingerprint density at radius 3 is 3.00 bits per heavy atom. The lowest BCUT2D eigenvalue weighted by Gasteiger charge is -2.37. The van der Waals surface area contributed by atoms with Gasteiger partial charge < -0.3 is 11.1 Å². The van der Waals surface area contributed by atoms with Crippen LogP contribution < -0.4 is 11.1 Å². The van der Waals surface area contributed by atoms with E-state index in [1.54, 1.807) is 0 Å². The fourth-order valence-electron chi connectivity index (χ4n) is 2.56. The minimum atomic E-state index is 0.0572. The molecule has 0 bridgehead atoms. The predicted octanol–water partition coefficient (Wildman–Crippen LogP) is 2.73. The van der Waals surface area contributed by atoms with Crippen LogP contribution in [0.25, 0.3) is 0 Å². The van der Waals surface area contributed by atoms with E-state index in [9.17, 15) is 4.79 Å². The number of hydrogen-bond acceptors (Lipinski definition) is 4. The van der Waals surface area contributed by atoms with Gasteiger partial charge in [0.25, 0.3) is 0 Å². The number of nitrogens with one attached hydrogen (secondary N) is 1. The molecule has 0 radical (unpaired) electrons. The van der Waals surface area contributed by atoms with Crippen LogP contribution in [0, 0.1) is 6.92 Å². The summed E-state index contributed by atoms with van der Waals surface area (Å²) < 4.78 is 0. The Morgan fingerprint density at radius 1 is 1.48 bits per heavy atom. The molecule has 1 heterocycles. The third-order valence-corrected chi connectivity index (χ3v) is 5.63. The highest BCUT2D eigenvalue weighted by Gasteiger charge is 2.25. The van der Waals surface area contributed by atoms with Crippen molar-refractivity contribution in [2.45, 2.75) is 38.5 Å². The Bertz CT molecular complexity index is 506. The van der Waals surface area contributed by atoms with Crippen molar-refractivity contribution in [2.75, 3.05) is 29.9 Å². The Morgan fingerprint density at radius 2 is 2.24 bits per heavy atom. The number of carbonyl (C=O) groups is 1. The second-order valence-corrected chi connectivity index (χ2v) is 7.16. The van der Waals surface area contributed by atoms with Crippen molar-refractivity contribution < 1.29 is 4.79 Å². The van der Waals surface area contributed by atoms with Crippen LogP contribution in [0.5, 0.6) is 0 Å². The number of thioether (sulfide) groups is 1. The quantitative estimate of drug-likeness (QED) is 0.840. The second kappa shape index (κ2) is 7.18. The third-order valence-electron chi connectivity index (χ3n) is 4.29. The number of carbonyl (C=O) groups excluding carboxylic acids is 1. The summed E-state index contributed by atoms with van der Waals surface area (Å²) in [6, 6.07) is 6.14. The number of amides is 1. The van der Waals surface area contributed by atoms with Crippen LogP contribution >= 0.6 is 11.8 Å². The molecular formula is C16H25N3OS. The highest BCUT2D eigenvalue weighted by atomic mass is 32.2. The van der Waals surface area contributed by atoms with Gasteiger partial charge in [-0.05, 0) is 31.5 Å². The van der Waals surface area contributed by atoms with Crippen molar-refractivity contribution in [3.8, 4) is 0 Å². The maximum Gasteiger partial charge on any atom is 0.225 e. The van der Waals surface area contributed by atoms with Crippen molar-refractivity contribution >= 4 is 29.0 Å². The Hall–Kier alpha value is -1.20. The normalized spacial score (nSPS) is 23.0. The van der Waals surface area contributed by atoms with Crippen molar-refractivity contribution in [2.24, 2.45) is 0 Å². The standard InChI is InChI=1S/C16H25N3OS/c1-11-14(17)5-4-6-15(11)18-16(20)7-8-19-9-10-21-13(3)12(19)2/h4-6,12-13H,7-10,17H2,1-3H3,(H,18,20). The molecule has 2 rings (SSSR count). The maximum absolute atomic E-state index is 12.1. The molecule has 0 spiro atoms. The first-order valence-electron chi connectivity index (χ1n) is 7.49. The summed E-state index contributed by atoms with van der Waals surface area (Å²) in [6.45, 7) is 8.32. The van der Waals surface area contributed by atoms with Crippen LogP contribution in [0.1, 0.15) is 25.8 Å². The van der Waals surface area contributed by atoms with E-state index < -0.39 is 0 Å². The summed E-state index contributed by atoms with van der Waals surface area (Å²) in [5, 5.41) is 3.60. The van der Waals surface area contributed by atoms with E-state index in [4.69, 9.17) is 5.73 Å². The minimum Gasteiger partial charge on any atom is -0.398 e. The van der Waals surface area contributed by atoms with E-state index in [1.165, 1.54) is 0 Å². The average molecular weight is 307 g/mol. The molecule has 1 amide bonds. The zero-order valence-corrected chi connectivity index (χ0v) is 13.9. The molecule has 1 fully saturated rings. The summed E-state index contributed by atoms with van der Waals surface area (Å²) in [4.78, 5) is 14.5. The first-order chi connectivity index (χ1) is 9.99. The van der Waals surface area contributed by atoms with Crippen LogP contribution in [0.2, 0.25) is 0 Å². The lowest BCUT2D eigenvalue weighted by Crippen LogP contribution is -2.45. The zero-order chi connectivity index (χ0) is 15.4. The van der Waals surface area contributed by atoms with E-state index >= 15 is 0 Å². The van der Waals surface area contributed by atoms with E-state index in [1.807, 2.05) is 36.9 Å². The lowest BCUT2D eigenvalue weighted by molar-refractivity contribution is -0.116. The molecule has 5 heteroatoms. The number of benzene rings is 1. The second-order valence-electron chi connectivity index (χ2n) is 5.67. The number of hydrogen-bond donors (Lipinski definition) is 2. The van der Waals surface area contributed by atoms with Gasteiger partial charge >= 0.3 is 0 Å². The molecular weight excluding hydrogens is 282 g/mol. The van der Waals surface area contributed by atoms with E-state index in [0.29, 0.717) is 23.4 Å². The molecule has 0 aliphatic carbocycles. The summed E-state index contributed by atoms with van der Waals surface area (Å²) in [7, 11) is 0. The van der Waals surface area contributed by atoms with Crippen LogP contribution in [0.15, 0.2) is 18.2 Å². The van der Waals surface area contributed by atoms with E-state index in [2.05, 4.69) is 24.1 Å². The molecule has 1 saturated heterocycles. The molecule has 0 saturated carbocycles. The number of nitrogens with zero attached hydrogens (tertiary/aromatic N) is 1. The first kappa shape index (κ1) is 16.2. The Kier molecular flexibility index (Phi) is 5.53. The SMILES string of the molecule is Cc1c(N)cccc1NC(=O)CCN1CCSC(C)C1C. The molecule has 3 N–H and O–H groups in total. The average Bonchev–Trinajstić information content (AvgIpc) is 2.45. The molecule has 2 unspecified atom stereocenters. The minimum absolute atomic E-state index is 0.0572. The largest absolute Gasteiger partial charge is 0.398 e. The van der Waals surface area contributed by atoms with Crippen LogP contribution in [0.4, 0.5) is 11.4 Å². The van der Waals surface area contributed by atoms with Gasteiger partial charge in [-0.25, -0.2) is 0 Å². The Balaban J connectivity index is 1.86. The summed E-state index contributed by atoms with van der Waals surface area (Å²) in [5.41, 5.74) is 8.32. The summed E-state index contributed by atoms with van der Waals surface area (Å²) in [5.74, 6) is 1.21. The highest BCUT2D eigenvalue weighted by molar-refractivity contribution is 8.00.